The van der Waals surface area contributed by atoms with Crippen molar-refractivity contribution in [1.29, 1.82) is 0 Å². The van der Waals surface area contributed by atoms with E-state index in [-0.39, 0.29) is 12.5 Å². The zero-order valence-electron chi connectivity index (χ0n) is 7.90. The number of rotatable bonds is 4. The van der Waals surface area contributed by atoms with E-state index in [0.29, 0.717) is 12.2 Å². The van der Waals surface area contributed by atoms with E-state index in [0.717, 1.165) is 0 Å². The van der Waals surface area contributed by atoms with E-state index in [1.54, 1.807) is 0 Å². The van der Waals surface area contributed by atoms with Crippen LogP contribution in [0.4, 0.5) is 0 Å². The molecule has 4 heteroatoms. The summed E-state index contributed by atoms with van der Waals surface area (Å²) in [7, 11) is 0. The lowest BCUT2D eigenvalue weighted by Gasteiger charge is -2.03. The van der Waals surface area contributed by atoms with Crippen molar-refractivity contribution in [3.63, 3.8) is 0 Å². The zero-order valence-corrected chi connectivity index (χ0v) is 7.90. The number of phenols is 1. The van der Waals surface area contributed by atoms with E-state index < -0.39 is 5.97 Å². The third-order valence-electron chi connectivity index (χ3n) is 1.58. The molecule has 4 nitrogen and oxygen atoms in total. The lowest BCUT2D eigenvalue weighted by molar-refractivity contribution is -0.0274. The summed E-state index contributed by atoms with van der Waals surface area (Å²) in [4.78, 5) is 11.2. The second-order valence-corrected chi connectivity index (χ2v) is 2.59. The normalized spacial score (nSPS) is 9.79. The molecule has 0 aliphatic rings. The smallest absolute Gasteiger partial charge is 0.340 e. The average Bonchev–Trinajstić information content (AvgIpc) is 2.19. The second kappa shape index (κ2) is 5.24. The molecule has 1 aromatic rings. The van der Waals surface area contributed by atoms with Gasteiger partial charge in [-0.25, -0.2) is 4.79 Å². The largest absolute Gasteiger partial charge is 0.508 e. The van der Waals surface area contributed by atoms with Crippen LogP contribution in [-0.2, 0) is 9.47 Å². The highest BCUT2D eigenvalue weighted by molar-refractivity contribution is 5.89. The Bertz CT molecular complexity index is 291. The molecule has 0 heterocycles. The molecule has 0 atom stereocenters. The Kier molecular flexibility index (Phi) is 3.94. The monoisotopic (exact) mass is 196 g/mol. The van der Waals surface area contributed by atoms with Crippen molar-refractivity contribution < 1.29 is 19.4 Å². The van der Waals surface area contributed by atoms with Crippen molar-refractivity contribution in [3.8, 4) is 5.75 Å². The molecular weight excluding hydrogens is 184 g/mol. The third kappa shape index (κ3) is 3.06. The molecule has 0 aliphatic carbocycles. The summed E-state index contributed by atoms with van der Waals surface area (Å²) >= 11 is 0. The molecule has 0 amide bonds. The first-order valence-corrected chi connectivity index (χ1v) is 4.28. The van der Waals surface area contributed by atoms with Crippen LogP contribution >= 0.6 is 0 Å². The predicted octanol–water partition coefficient (Wildman–Crippen LogP) is 1.54. The van der Waals surface area contributed by atoms with Crippen LogP contribution < -0.4 is 0 Å². The van der Waals surface area contributed by atoms with Crippen LogP contribution in [0.1, 0.15) is 17.3 Å². The minimum absolute atomic E-state index is 0.0454. The number of carbonyl (C=O) groups excluding carboxylic acids is 1. The number of hydrogen-bond donors (Lipinski definition) is 1. The number of ether oxygens (including phenoxy) is 2. The minimum Gasteiger partial charge on any atom is -0.508 e. The topological polar surface area (TPSA) is 55.8 Å². The Labute approximate surface area is 82.1 Å². The van der Waals surface area contributed by atoms with Crippen LogP contribution in [0.15, 0.2) is 24.3 Å². The van der Waals surface area contributed by atoms with E-state index in [4.69, 9.17) is 14.6 Å². The lowest BCUT2D eigenvalue weighted by Crippen LogP contribution is -2.08. The second-order valence-electron chi connectivity index (χ2n) is 2.59. The van der Waals surface area contributed by atoms with Gasteiger partial charge in [0.15, 0.2) is 6.79 Å². The highest BCUT2D eigenvalue weighted by atomic mass is 16.7. The molecule has 0 spiro atoms. The van der Waals surface area contributed by atoms with E-state index in [9.17, 15) is 4.79 Å². The molecule has 1 aromatic carbocycles. The maximum absolute atomic E-state index is 11.2. The molecule has 1 N–H and O–H groups in total. The first kappa shape index (κ1) is 10.5. The molecule has 76 valence electrons. The van der Waals surface area contributed by atoms with Gasteiger partial charge in [-0.2, -0.15) is 0 Å². The first-order chi connectivity index (χ1) is 6.74. The van der Waals surface area contributed by atoms with E-state index in [1.165, 1.54) is 24.3 Å². The van der Waals surface area contributed by atoms with Gasteiger partial charge in [0.1, 0.15) is 5.75 Å². The fourth-order valence-electron chi connectivity index (χ4n) is 0.859. The standard InChI is InChI=1S/C10H12O4/c1-2-13-7-14-10(12)8-3-5-9(11)6-4-8/h3-6,11H,2,7H2,1H3. The van der Waals surface area contributed by atoms with Gasteiger partial charge in [-0.3, -0.25) is 0 Å². The summed E-state index contributed by atoms with van der Waals surface area (Å²) < 4.78 is 9.62. The fraction of sp³-hybridized carbons (Fsp3) is 0.300. The van der Waals surface area contributed by atoms with Gasteiger partial charge >= 0.3 is 5.97 Å². The lowest BCUT2D eigenvalue weighted by atomic mass is 10.2. The van der Waals surface area contributed by atoms with Crippen LogP contribution in [0.2, 0.25) is 0 Å². The summed E-state index contributed by atoms with van der Waals surface area (Å²) in [5.41, 5.74) is 0.391. The molecule has 0 bridgehead atoms. The maximum Gasteiger partial charge on any atom is 0.340 e. The van der Waals surface area contributed by atoms with Gasteiger partial charge in [0.2, 0.25) is 0 Å². The zero-order chi connectivity index (χ0) is 10.4. The summed E-state index contributed by atoms with van der Waals surface area (Å²) in [6, 6.07) is 5.84. The summed E-state index contributed by atoms with van der Waals surface area (Å²) in [5, 5.41) is 8.98. The quantitative estimate of drug-likeness (QED) is 0.451. The van der Waals surface area contributed by atoms with Crippen LogP contribution in [0.5, 0.6) is 5.75 Å². The molecule has 0 saturated carbocycles. The van der Waals surface area contributed by atoms with Crippen LogP contribution in [0, 0.1) is 0 Å². The third-order valence-corrected chi connectivity index (χ3v) is 1.58. The van der Waals surface area contributed by atoms with E-state index >= 15 is 0 Å². The van der Waals surface area contributed by atoms with Crippen molar-refractivity contribution in [1.82, 2.24) is 0 Å². The highest BCUT2D eigenvalue weighted by Crippen LogP contribution is 2.10. The molecule has 1 rings (SSSR count). The Hall–Kier alpha value is -1.55. The van der Waals surface area contributed by atoms with Crippen LogP contribution in [0.25, 0.3) is 0 Å². The van der Waals surface area contributed by atoms with Gasteiger partial charge in [-0.15, -0.1) is 0 Å². The predicted molar refractivity (Wildman–Crippen MR) is 50.0 cm³/mol. The van der Waals surface area contributed by atoms with Gasteiger partial charge in [-0.1, -0.05) is 0 Å². The molecule has 0 aromatic heterocycles. The van der Waals surface area contributed by atoms with Crippen molar-refractivity contribution >= 4 is 5.97 Å². The Morgan fingerprint density at radius 2 is 2.00 bits per heavy atom. The Morgan fingerprint density at radius 1 is 1.36 bits per heavy atom. The summed E-state index contributed by atoms with van der Waals surface area (Å²) in [6.45, 7) is 2.27. The van der Waals surface area contributed by atoms with Gasteiger partial charge < -0.3 is 14.6 Å². The first-order valence-electron chi connectivity index (χ1n) is 4.28. The molecule has 0 aliphatic heterocycles. The van der Waals surface area contributed by atoms with Crippen molar-refractivity contribution in [2.45, 2.75) is 6.92 Å². The molecule has 14 heavy (non-hydrogen) atoms. The van der Waals surface area contributed by atoms with Gasteiger partial charge in [0, 0.05) is 6.61 Å². The molecule has 0 radical (unpaired) electrons. The molecular formula is C10H12O4. The summed E-state index contributed by atoms with van der Waals surface area (Å²) in [5.74, 6) is -0.343. The number of hydrogen-bond acceptors (Lipinski definition) is 4. The Morgan fingerprint density at radius 3 is 2.57 bits per heavy atom. The van der Waals surface area contributed by atoms with Crippen LogP contribution in [0.3, 0.4) is 0 Å². The van der Waals surface area contributed by atoms with E-state index in [1.807, 2.05) is 6.92 Å². The molecule has 0 unspecified atom stereocenters. The summed E-state index contributed by atoms with van der Waals surface area (Å²) in [6.07, 6.45) is 0. The Balaban J connectivity index is 2.48. The number of benzene rings is 1. The van der Waals surface area contributed by atoms with Gasteiger partial charge in [-0.05, 0) is 31.2 Å². The van der Waals surface area contributed by atoms with E-state index in [2.05, 4.69) is 0 Å². The number of esters is 1. The molecule has 0 saturated heterocycles. The van der Waals surface area contributed by atoms with Crippen molar-refractivity contribution in [2.24, 2.45) is 0 Å². The fourth-order valence-corrected chi connectivity index (χ4v) is 0.859. The van der Waals surface area contributed by atoms with Gasteiger partial charge in [0.25, 0.3) is 0 Å². The number of aromatic hydroxyl groups is 1. The van der Waals surface area contributed by atoms with Crippen molar-refractivity contribution in [3.05, 3.63) is 29.8 Å². The molecule has 0 fully saturated rings. The van der Waals surface area contributed by atoms with Gasteiger partial charge in [0.05, 0.1) is 5.56 Å². The minimum atomic E-state index is -0.460. The maximum atomic E-state index is 11.2. The van der Waals surface area contributed by atoms with Crippen molar-refractivity contribution in [2.75, 3.05) is 13.4 Å². The highest BCUT2D eigenvalue weighted by Gasteiger charge is 2.05. The number of carbonyl (C=O) groups is 1. The number of phenolic OH excluding ortho intramolecular Hbond substituents is 1. The average molecular weight is 196 g/mol. The SMILES string of the molecule is CCOCOC(=O)c1ccc(O)cc1. The van der Waals surface area contributed by atoms with Crippen LogP contribution in [-0.4, -0.2) is 24.5 Å².